The summed E-state index contributed by atoms with van der Waals surface area (Å²) in [6.07, 6.45) is 0. The van der Waals surface area contributed by atoms with Gasteiger partial charge in [-0.05, 0) is 5.56 Å². The Kier molecular flexibility index (Phi) is 2.10. The standard InChI is InChI=1S/C10H11N3O/c11-9-6-10(14)13(12-9)7-8-4-2-1-3-5-8/h1-6,12H,7,11H2. The molecule has 0 radical (unpaired) electrons. The zero-order valence-corrected chi connectivity index (χ0v) is 7.60. The van der Waals surface area contributed by atoms with Crippen molar-refractivity contribution in [3.05, 3.63) is 52.3 Å². The van der Waals surface area contributed by atoms with Gasteiger partial charge in [0.1, 0.15) is 5.82 Å². The number of benzene rings is 1. The van der Waals surface area contributed by atoms with Crippen LogP contribution in [0.25, 0.3) is 0 Å². The number of rotatable bonds is 2. The number of hydrogen-bond acceptors (Lipinski definition) is 2. The van der Waals surface area contributed by atoms with E-state index in [1.165, 1.54) is 10.7 Å². The summed E-state index contributed by atoms with van der Waals surface area (Å²) >= 11 is 0. The largest absolute Gasteiger partial charge is 0.384 e. The molecule has 0 unspecified atom stereocenters. The van der Waals surface area contributed by atoms with Crippen molar-refractivity contribution >= 4 is 5.82 Å². The summed E-state index contributed by atoms with van der Waals surface area (Å²) in [5.41, 5.74) is 6.42. The fourth-order valence-electron chi connectivity index (χ4n) is 1.34. The number of aromatic amines is 1. The molecule has 3 N–H and O–H groups in total. The van der Waals surface area contributed by atoms with Gasteiger partial charge < -0.3 is 5.73 Å². The van der Waals surface area contributed by atoms with Gasteiger partial charge in [-0.3, -0.25) is 9.89 Å². The highest BCUT2D eigenvalue weighted by molar-refractivity contribution is 5.24. The van der Waals surface area contributed by atoms with E-state index < -0.39 is 0 Å². The van der Waals surface area contributed by atoms with E-state index in [0.29, 0.717) is 12.4 Å². The lowest BCUT2D eigenvalue weighted by atomic mass is 10.2. The molecule has 0 fully saturated rings. The summed E-state index contributed by atoms with van der Waals surface area (Å²) in [6.45, 7) is 0.525. The number of hydrogen-bond donors (Lipinski definition) is 2. The van der Waals surface area contributed by atoms with Crippen LogP contribution in [-0.2, 0) is 6.54 Å². The molecule has 4 heteroatoms. The van der Waals surface area contributed by atoms with Crippen LogP contribution in [0.15, 0.2) is 41.2 Å². The van der Waals surface area contributed by atoms with Crippen molar-refractivity contribution in [2.75, 3.05) is 5.73 Å². The Bertz CT molecular complexity index is 470. The Hall–Kier alpha value is -1.97. The topological polar surface area (TPSA) is 63.8 Å². The van der Waals surface area contributed by atoms with Gasteiger partial charge in [-0.15, -0.1) is 0 Å². The molecule has 0 saturated heterocycles. The summed E-state index contributed by atoms with van der Waals surface area (Å²) in [6, 6.07) is 11.1. The monoisotopic (exact) mass is 189 g/mol. The zero-order chi connectivity index (χ0) is 9.97. The van der Waals surface area contributed by atoms with Crippen molar-refractivity contribution in [1.82, 2.24) is 9.78 Å². The van der Waals surface area contributed by atoms with E-state index in [1.54, 1.807) is 0 Å². The van der Waals surface area contributed by atoms with E-state index in [0.717, 1.165) is 5.56 Å². The lowest BCUT2D eigenvalue weighted by Gasteiger charge is -2.00. The predicted octanol–water partition coefficient (Wildman–Crippen LogP) is 0.807. The first-order valence-electron chi connectivity index (χ1n) is 4.35. The maximum absolute atomic E-state index is 11.3. The minimum atomic E-state index is -0.105. The van der Waals surface area contributed by atoms with Gasteiger partial charge in [0.25, 0.3) is 5.56 Å². The van der Waals surface area contributed by atoms with Crippen molar-refractivity contribution in [2.45, 2.75) is 6.54 Å². The van der Waals surface area contributed by atoms with Crippen LogP contribution in [0.3, 0.4) is 0 Å². The number of nitrogens with one attached hydrogen (secondary N) is 1. The van der Waals surface area contributed by atoms with Crippen LogP contribution in [0.4, 0.5) is 5.82 Å². The Labute approximate surface area is 81.0 Å². The second-order valence-corrected chi connectivity index (χ2v) is 3.12. The molecule has 0 aliphatic carbocycles. The Balaban J connectivity index is 2.28. The fraction of sp³-hybridized carbons (Fsp3) is 0.100. The van der Waals surface area contributed by atoms with E-state index in [-0.39, 0.29) is 5.56 Å². The average molecular weight is 189 g/mol. The highest BCUT2D eigenvalue weighted by Gasteiger charge is 1.99. The molecule has 0 amide bonds. The summed E-state index contributed by atoms with van der Waals surface area (Å²) < 4.78 is 1.48. The molecule has 0 aliphatic rings. The Morgan fingerprint density at radius 2 is 2.00 bits per heavy atom. The molecule has 0 atom stereocenters. The van der Waals surface area contributed by atoms with Crippen LogP contribution < -0.4 is 11.3 Å². The van der Waals surface area contributed by atoms with Crippen LogP contribution in [0.2, 0.25) is 0 Å². The van der Waals surface area contributed by atoms with E-state index in [9.17, 15) is 4.79 Å². The first-order valence-corrected chi connectivity index (χ1v) is 4.35. The van der Waals surface area contributed by atoms with Crippen molar-refractivity contribution in [2.24, 2.45) is 0 Å². The van der Waals surface area contributed by atoms with Crippen molar-refractivity contribution in [3.63, 3.8) is 0 Å². The van der Waals surface area contributed by atoms with Gasteiger partial charge >= 0.3 is 0 Å². The molecule has 1 heterocycles. The molecule has 0 saturated carbocycles. The van der Waals surface area contributed by atoms with Gasteiger partial charge in [0.05, 0.1) is 6.54 Å². The molecule has 14 heavy (non-hydrogen) atoms. The fourth-order valence-corrected chi connectivity index (χ4v) is 1.34. The van der Waals surface area contributed by atoms with E-state index >= 15 is 0 Å². The molecule has 72 valence electrons. The molecule has 1 aromatic heterocycles. The number of nitrogens with zero attached hydrogens (tertiary/aromatic N) is 1. The quantitative estimate of drug-likeness (QED) is 0.734. The van der Waals surface area contributed by atoms with Gasteiger partial charge in [-0.2, -0.15) is 0 Å². The van der Waals surface area contributed by atoms with Gasteiger partial charge in [0.2, 0.25) is 0 Å². The second kappa shape index (κ2) is 3.41. The molecule has 1 aromatic carbocycles. The van der Waals surface area contributed by atoms with Gasteiger partial charge in [0.15, 0.2) is 0 Å². The predicted molar refractivity (Wildman–Crippen MR) is 55.0 cm³/mol. The van der Waals surface area contributed by atoms with Gasteiger partial charge in [0, 0.05) is 6.07 Å². The van der Waals surface area contributed by atoms with Crippen molar-refractivity contribution in [1.29, 1.82) is 0 Å². The number of H-pyrrole nitrogens is 1. The maximum Gasteiger partial charge on any atom is 0.268 e. The lowest BCUT2D eigenvalue weighted by Crippen LogP contribution is -2.16. The minimum Gasteiger partial charge on any atom is -0.384 e. The molecule has 4 nitrogen and oxygen atoms in total. The summed E-state index contributed by atoms with van der Waals surface area (Å²) in [5, 5.41) is 2.77. The van der Waals surface area contributed by atoms with E-state index in [4.69, 9.17) is 5.73 Å². The molecule has 2 rings (SSSR count). The number of nitrogen functional groups attached to an aromatic ring is 1. The zero-order valence-electron chi connectivity index (χ0n) is 7.60. The smallest absolute Gasteiger partial charge is 0.268 e. The third kappa shape index (κ3) is 1.69. The lowest BCUT2D eigenvalue weighted by molar-refractivity contribution is 0.667. The molecule has 0 spiro atoms. The number of anilines is 1. The first kappa shape index (κ1) is 8.62. The Morgan fingerprint density at radius 1 is 1.29 bits per heavy atom. The summed E-state index contributed by atoms with van der Waals surface area (Å²) in [5.74, 6) is 0.394. The average Bonchev–Trinajstić information content (AvgIpc) is 2.47. The highest BCUT2D eigenvalue weighted by atomic mass is 16.1. The number of nitrogens with two attached hydrogens (primary N) is 1. The Morgan fingerprint density at radius 3 is 2.57 bits per heavy atom. The second-order valence-electron chi connectivity index (χ2n) is 3.12. The van der Waals surface area contributed by atoms with Crippen molar-refractivity contribution < 1.29 is 0 Å². The molecular weight excluding hydrogens is 178 g/mol. The molecule has 0 bridgehead atoms. The molecule has 2 aromatic rings. The minimum absolute atomic E-state index is 0.105. The summed E-state index contributed by atoms with van der Waals surface area (Å²) in [4.78, 5) is 11.3. The highest BCUT2D eigenvalue weighted by Crippen LogP contribution is 2.00. The van der Waals surface area contributed by atoms with E-state index in [1.807, 2.05) is 30.3 Å². The van der Waals surface area contributed by atoms with Crippen LogP contribution in [0.1, 0.15) is 5.56 Å². The third-order valence-corrected chi connectivity index (χ3v) is 1.99. The van der Waals surface area contributed by atoms with Crippen LogP contribution in [-0.4, -0.2) is 9.78 Å². The summed E-state index contributed by atoms with van der Waals surface area (Å²) in [7, 11) is 0. The van der Waals surface area contributed by atoms with Crippen LogP contribution in [0.5, 0.6) is 0 Å². The van der Waals surface area contributed by atoms with Gasteiger partial charge in [-0.1, -0.05) is 30.3 Å². The van der Waals surface area contributed by atoms with Gasteiger partial charge in [-0.25, -0.2) is 4.68 Å². The maximum atomic E-state index is 11.3. The normalized spacial score (nSPS) is 10.3. The molecular formula is C10H11N3O. The third-order valence-electron chi connectivity index (χ3n) is 1.99. The van der Waals surface area contributed by atoms with Crippen LogP contribution >= 0.6 is 0 Å². The first-order chi connectivity index (χ1) is 6.75. The van der Waals surface area contributed by atoms with Crippen LogP contribution in [0, 0.1) is 0 Å². The van der Waals surface area contributed by atoms with Crippen molar-refractivity contribution in [3.8, 4) is 0 Å². The SMILES string of the molecule is Nc1cc(=O)n(Cc2ccccc2)[nH]1. The van der Waals surface area contributed by atoms with E-state index in [2.05, 4.69) is 5.10 Å². The number of aromatic nitrogens is 2. The molecule has 0 aliphatic heterocycles.